The van der Waals surface area contributed by atoms with E-state index in [1.54, 1.807) is 0 Å². The van der Waals surface area contributed by atoms with Gasteiger partial charge in [-0.15, -0.1) is 0 Å². The molecule has 0 saturated heterocycles. The zero-order valence-electron chi connectivity index (χ0n) is 18.7. The number of fused-ring (bicyclic) bond motifs is 8. The lowest BCUT2D eigenvalue weighted by atomic mass is 10.00. The fourth-order valence-electron chi connectivity index (χ4n) is 4.51. The van der Waals surface area contributed by atoms with Crippen LogP contribution >= 0.6 is 0 Å². The number of alkyl halides is 3. The molecule has 2 N–H and O–H groups in total. The Kier molecular flexibility index (Phi) is 5.49. The Morgan fingerprint density at radius 3 is 2.39 bits per heavy atom. The third-order valence-electron chi connectivity index (χ3n) is 6.30. The third kappa shape index (κ3) is 3.76. The van der Waals surface area contributed by atoms with Gasteiger partial charge in [-0.25, -0.2) is 13.2 Å². The second kappa shape index (κ2) is 8.32. The van der Waals surface area contributed by atoms with Crippen LogP contribution < -0.4 is 20.7 Å². The monoisotopic (exact) mass is 508 g/mol. The molecule has 3 aromatic rings. The van der Waals surface area contributed by atoms with Gasteiger partial charge in [-0.1, -0.05) is 0 Å². The highest BCUT2D eigenvalue weighted by Crippen LogP contribution is 2.43. The Morgan fingerprint density at radius 1 is 0.917 bits per heavy atom. The molecule has 0 radical (unpaired) electrons. The van der Waals surface area contributed by atoms with Crippen LogP contribution in [-0.2, 0) is 12.6 Å². The van der Waals surface area contributed by atoms with Gasteiger partial charge in [0.15, 0.2) is 11.6 Å². The van der Waals surface area contributed by atoms with Crippen molar-refractivity contribution in [1.82, 2.24) is 4.98 Å². The Morgan fingerprint density at radius 2 is 1.67 bits per heavy atom. The van der Waals surface area contributed by atoms with E-state index in [4.69, 9.17) is 0 Å². The van der Waals surface area contributed by atoms with Crippen LogP contribution in [0, 0.1) is 24.4 Å². The van der Waals surface area contributed by atoms with E-state index in [9.17, 15) is 35.9 Å². The van der Waals surface area contributed by atoms with Crippen LogP contribution in [0.5, 0.6) is 0 Å². The first kappa shape index (κ1) is 23.8. The predicted molar refractivity (Wildman–Crippen MR) is 120 cm³/mol. The van der Waals surface area contributed by atoms with E-state index < -0.39 is 46.2 Å². The molecule has 0 atom stereocenters. The van der Waals surface area contributed by atoms with Crippen molar-refractivity contribution in [3.05, 3.63) is 80.4 Å². The van der Waals surface area contributed by atoms with E-state index in [1.165, 1.54) is 24.0 Å². The van der Waals surface area contributed by atoms with Crippen LogP contribution in [0.4, 0.5) is 49.2 Å². The van der Waals surface area contributed by atoms with Crippen molar-refractivity contribution in [3.63, 3.8) is 0 Å². The number of anilines is 4. The molecule has 1 aromatic heterocycles. The largest absolute Gasteiger partial charge is 0.419 e. The topological polar surface area (TPSA) is 68.4 Å². The average molecular weight is 508 g/mol. The molecule has 1 amide bonds. The lowest BCUT2D eigenvalue weighted by Crippen LogP contribution is -2.46. The maximum atomic E-state index is 14.9. The van der Waals surface area contributed by atoms with Gasteiger partial charge in [0.25, 0.3) is 11.5 Å². The van der Waals surface area contributed by atoms with Crippen LogP contribution in [0.2, 0.25) is 0 Å². The summed E-state index contributed by atoms with van der Waals surface area (Å²) < 4.78 is 84.2. The standard InChI is InChI=1S/C24H18F6N4O2/c1-11-7-19-21(32-22(11)35)31-6-2-3-12-17(5-4-15(25)20(12)27)33-10-34(19)23(36)13-8-14(24(28,29)30)16(26)9-18(13)33/h4-5,7-9H,2-3,6,10H2,1H3,(H2,31,32,35). The quantitative estimate of drug-likeness (QED) is 0.408. The van der Waals surface area contributed by atoms with E-state index in [0.717, 1.165) is 11.0 Å². The number of benzene rings is 2. The number of aromatic nitrogens is 1. The molecule has 0 spiro atoms. The van der Waals surface area contributed by atoms with Crippen molar-refractivity contribution < 1.29 is 31.1 Å². The van der Waals surface area contributed by atoms with E-state index in [0.29, 0.717) is 12.1 Å². The first-order chi connectivity index (χ1) is 17.0. The molecular weight excluding hydrogens is 490 g/mol. The van der Waals surface area contributed by atoms with Gasteiger partial charge in [0.05, 0.1) is 22.5 Å². The number of aryl methyl sites for hydroxylation is 1. The summed E-state index contributed by atoms with van der Waals surface area (Å²) >= 11 is 0. The van der Waals surface area contributed by atoms with Gasteiger partial charge in [0.1, 0.15) is 18.3 Å². The number of rotatable bonds is 0. The van der Waals surface area contributed by atoms with Crippen LogP contribution in [0.15, 0.2) is 35.1 Å². The Bertz CT molecular complexity index is 1470. The van der Waals surface area contributed by atoms with Gasteiger partial charge in [-0.05, 0) is 50.1 Å². The third-order valence-corrected chi connectivity index (χ3v) is 6.30. The minimum absolute atomic E-state index is 0.0141. The average Bonchev–Trinajstić information content (AvgIpc) is 2.83. The fraction of sp³-hybridized carbons (Fsp3) is 0.250. The van der Waals surface area contributed by atoms with Crippen LogP contribution in [0.1, 0.15) is 33.5 Å². The summed E-state index contributed by atoms with van der Waals surface area (Å²) in [4.78, 5) is 30.7. The Balaban J connectivity index is 1.82. The first-order valence-corrected chi connectivity index (χ1v) is 10.9. The molecule has 2 bridgehead atoms. The number of hydrogen-bond donors (Lipinski definition) is 2. The van der Waals surface area contributed by atoms with Crippen molar-refractivity contribution in [2.45, 2.75) is 25.9 Å². The highest BCUT2D eigenvalue weighted by molar-refractivity contribution is 6.13. The fourth-order valence-corrected chi connectivity index (χ4v) is 4.51. The number of H-pyrrole nitrogens is 1. The molecule has 2 aliphatic heterocycles. The number of pyridine rings is 1. The maximum absolute atomic E-state index is 14.9. The van der Waals surface area contributed by atoms with E-state index in [2.05, 4.69) is 10.3 Å². The number of hydrogen-bond acceptors (Lipinski definition) is 4. The summed E-state index contributed by atoms with van der Waals surface area (Å²) in [5, 5.41) is 2.96. The molecule has 0 unspecified atom stereocenters. The molecular formula is C24H18F6N4O2. The van der Waals surface area contributed by atoms with E-state index >= 15 is 0 Å². The number of carbonyl (C=O) groups excluding carboxylic acids is 1. The second-order valence-corrected chi connectivity index (χ2v) is 8.58. The molecule has 0 saturated carbocycles. The molecule has 12 heteroatoms. The normalized spacial score (nSPS) is 15.5. The summed E-state index contributed by atoms with van der Waals surface area (Å²) in [5.74, 6) is -4.62. The Labute approximate surface area is 200 Å². The molecule has 0 aliphatic carbocycles. The number of aromatic amines is 1. The maximum Gasteiger partial charge on any atom is 0.419 e. The highest BCUT2D eigenvalue weighted by atomic mass is 19.4. The molecule has 3 heterocycles. The summed E-state index contributed by atoms with van der Waals surface area (Å²) in [6, 6.07) is 4.50. The van der Waals surface area contributed by atoms with Gasteiger partial charge in [0.2, 0.25) is 0 Å². The van der Waals surface area contributed by atoms with Gasteiger partial charge < -0.3 is 15.2 Å². The number of amides is 1. The van der Waals surface area contributed by atoms with Gasteiger partial charge in [0, 0.05) is 23.4 Å². The van der Waals surface area contributed by atoms with Crippen LogP contribution in [0.3, 0.4) is 0 Å². The molecule has 6 nitrogen and oxygen atoms in total. The molecule has 2 aliphatic rings. The minimum Gasteiger partial charge on any atom is -0.370 e. The Hall–Kier alpha value is -3.96. The summed E-state index contributed by atoms with van der Waals surface area (Å²) in [5.41, 5.74) is -2.39. The van der Waals surface area contributed by atoms with Crippen molar-refractivity contribution >= 4 is 28.8 Å². The molecule has 188 valence electrons. The van der Waals surface area contributed by atoms with E-state index in [-0.39, 0.29) is 60.1 Å². The van der Waals surface area contributed by atoms with E-state index in [1.807, 2.05) is 0 Å². The SMILES string of the molecule is Cc1cc2c([nH]c1=O)NCCCc1c(ccc(F)c1F)N1CN2C(=O)c2cc(C(F)(F)F)c(F)cc21. The number of carbonyl (C=O) groups is 1. The van der Waals surface area contributed by atoms with Gasteiger partial charge in [-0.3, -0.25) is 14.5 Å². The van der Waals surface area contributed by atoms with Crippen molar-refractivity contribution in [3.8, 4) is 0 Å². The zero-order valence-corrected chi connectivity index (χ0v) is 18.7. The van der Waals surface area contributed by atoms with Gasteiger partial charge in [-0.2, -0.15) is 13.2 Å². The molecule has 2 aromatic carbocycles. The van der Waals surface area contributed by atoms with Crippen molar-refractivity contribution in [2.24, 2.45) is 0 Å². The molecule has 5 rings (SSSR count). The second-order valence-electron chi connectivity index (χ2n) is 8.58. The van der Waals surface area contributed by atoms with Crippen LogP contribution in [0.25, 0.3) is 0 Å². The van der Waals surface area contributed by atoms with Gasteiger partial charge >= 0.3 is 6.18 Å². The lowest BCUT2D eigenvalue weighted by Gasteiger charge is -2.39. The predicted octanol–water partition coefficient (Wildman–Crippen LogP) is 5.23. The van der Waals surface area contributed by atoms with Crippen molar-refractivity contribution in [2.75, 3.05) is 28.3 Å². The van der Waals surface area contributed by atoms with Crippen LogP contribution in [-0.4, -0.2) is 24.1 Å². The number of halogens is 6. The molecule has 36 heavy (non-hydrogen) atoms. The number of nitrogens with one attached hydrogen (secondary N) is 2. The highest BCUT2D eigenvalue weighted by Gasteiger charge is 2.40. The zero-order chi connectivity index (χ0) is 25.9. The minimum atomic E-state index is -5.08. The smallest absolute Gasteiger partial charge is 0.370 e. The summed E-state index contributed by atoms with van der Waals surface area (Å²) in [7, 11) is 0. The first-order valence-electron chi connectivity index (χ1n) is 10.9. The lowest BCUT2D eigenvalue weighted by molar-refractivity contribution is -0.140. The molecule has 0 fully saturated rings. The summed E-state index contributed by atoms with van der Waals surface area (Å²) in [6.45, 7) is 1.33. The van der Waals surface area contributed by atoms with Crippen molar-refractivity contribution in [1.29, 1.82) is 0 Å². The number of nitrogens with zero attached hydrogens (tertiary/aromatic N) is 2. The summed E-state index contributed by atoms with van der Waals surface area (Å²) in [6.07, 6.45) is -4.79.